The van der Waals surface area contributed by atoms with Crippen molar-refractivity contribution in [3.05, 3.63) is 113 Å². The fourth-order valence-electron chi connectivity index (χ4n) is 4.49. The monoisotopic (exact) mass is 519 g/mol. The van der Waals surface area contributed by atoms with Gasteiger partial charge >= 0.3 is 0 Å². The third kappa shape index (κ3) is 4.29. The molecule has 6 aromatic rings. The fraction of sp³-hybridized carbons (Fsp3) is 0.0690. The molecule has 0 saturated carbocycles. The van der Waals surface area contributed by atoms with Crippen LogP contribution in [-0.4, -0.2) is 25.1 Å². The molecule has 6 rings (SSSR count). The average molecular weight is 520 g/mol. The lowest BCUT2D eigenvalue weighted by Gasteiger charge is -2.06. The second-order valence-electron chi connectivity index (χ2n) is 8.73. The number of nitrogens with zero attached hydrogens (tertiary/aromatic N) is 5. The van der Waals surface area contributed by atoms with Crippen molar-refractivity contribution in [1.29, 1.82) is 0 Å². The largest absolute Gasteiger partial charge is 0.493 e. The van der Waals surface area contributed by atoms with Gasteiger partial charge in [-0.05, 0) is 17.2 Å². The van der Waals surface area contributed by atoms with E-state index in [4.69, 9.17) is 0 Å². The minimum Gasteiger partial charge on any atom is -0.493 e. The first-order chi connectivity index (χ1) is 18.6. The number of azo groups is 1. The van der Waals surface area contributed by atoms with Crippen LogP contribution in [0.3, 0.4) is 0 Å². The summed E-state index contributed by atoms with van der Waals surface area (Å²) >= 11 is 1.38. The lowest BCUT2D eigenvalue weighted by molar-refractivity contribution is -0.118. The first-order valence-corrected chi connectivity index (χ1v) is 12.8. The van der Waals surface area contributed by atoms with E-state index in [1.54, 1.807) is 4.57 Å². The van der Waals surface area contributed by atoms with Gasteiger partial charge in [-0.1, -0.05) is 78.9 Å². The van der Waals surface area contributed by atoms with Crippen LogP contribution in [0, 0.1) is 0 Å². The third-order valence-corrected chi connectivity index (χ3v) is 7.20. The van der Waals surface area contributed by atoms with Crippen molar-refractivity contribution in [1.82, 2.24) is 14.1 Å². The van der Waals surface area contributed by atoms with Crippen molar-refractivity contribution in [3.8, 4) is 17.0 Å². The van der Waals surface area contributed by atoms with E-state index in [9.17, 15) is 14.7 Å². The number of amides is 1. The molecule has 0 bridgehead atoms. The van der Waals surface area contributed by atoms with Gasteiger partial charge in [0.05, 0.1) is 23.8 Å². The van der Waals surface area contributed by atoms with Crippen molar-refractivity contribution in [2.24, 2.45) is 10.2 Å². The summed E-state index contributed by atoms with van der Waals surface area (Å²) in [5.41, 5.74) is 3.35. The second kappa shape index (κ2) is 9.87. The summed E-state index contributed by atoms with van der Waals surface area (Å²) in [6.07, 6.45) is 1.35. The molecule has 3 heterocycles. The summed E-state index contributed by atoms with van der Waals surface area (Å²) in [7, 11) is 0. The van der Waals surface area contributed by atoms with Gasteiger partial charge in [0.2, 0.25) is 5.88 Å². The topological polar surface area (TPSA) is 102 Å². The fourth-order valence-corrected chi connectivity index (χ4v) is 5.40. The maximum Gasteiger partial charge on any atom is 0.284 e. The Kier molecular flexibility index (Phi) is 6.11. The highest BCUT2D eigenvalue weighted by molar-refractivity contribution is 7.17. The average Bonchev–Trinajstić information content (AvgIpc) is 3.50. The molecule has 0 aliphatic rings. The number of para-hydroxylation sites is 1. The molecule has 9 heteroatoms. The lowest BCUT2D eigenvalue weighted by atomic mass is 10.1. The minimum atomic E-state index is -0.635. The molecule has 0 aliphatic heterocycles. The summed E-state index contributed by atoms with van der Waals surface area (Å²) in [6, 6.07) is 26.7. The van der Waals surface area contributed by atoms with Gasteiger partial charge in [-0.3, -0.25) is 14.2 Å². The molecule has 8 nitrogen and oxygen atoms in total. The van der Waals surface area contributed by atoms with Gasteiger partial charge in [-0.2, -0.15) is 0 Å². The zero-order valence-electron chi connectivity index (χ0n) is 20.1. The Balaban J connectivity index is 1.30. The smallest absolute Gasteiger partial charge is 0.284 e. The highest BCUT2D eigenvalue weighted by atomic mass is 32.1. The van der Waals surface area contributed by atoms with Gasteiger partial charge < -0.3 is 9.67 Å². The second-order valence-corrected chi connectivity index (χ2v) is 9.59. The number of hydrogen-bond acceptors (Lipinski definition) is 6. The van der Waals surface area contributed by atoms with Crippen LogP contribution in [0.2, 0.25) is 0 Å². The number of benzene rings is 3. The predicted octanol–water partition coefficient (Wildman–Crippen LogP) is 6.14. The van der Waals surface area contributed by atoms with Gasteiger partial charge in [0, 0.05) is 16.3 Å². The highest BCUT2D eigenvalue weighted by Crippen LogP contribution is 2.39. The number of carbonyl (C=O) groups excluding carboxylic acids is 1. The van der Waals surface area contributed by atoms with Crippen LogP contribution in [0.1, 0.15) is 5.56 Å². The van der Waals surface area contributed by atoms with Crippen molar-refractivity contribution in [3.63, 3.8) is 0 Å². The maximum atomic E-state index is 13.3. The van der Waals surface area contributed by atoms with Crippen LogP contribution in [0.4, 0.5) is 5.69 Å². The molecule has 186 valence electrons. The predicted molar refractivity (Wildman–Crippen MR) is 148 cm³/mol. The van der Waals surface area contributed by atoms with Crippen LogP contribution in [0.15, 0.2) is 112 Å². The van der Waals surface area contributed by atoms with Crippen LogP contribution in [-0.2, 0) is 17.9 Å². The van der Waals surface area contributed by atoms with E-state index in [2.05, 4.69) is 15.2 Å². The van der Waals surface area contributed by atoms with Crippen LogP contribution >= 0.6 is 11.3 Å². The molecular weight excluding hydrogens is 498 g/mol. The van der Waals surface area contributed by atoms with E-state index in [-0.39, 0.29) is 23.7 Å². The summed E-state index contributed by atoms with van der Waals surface area (Å²) in [5, 5.41) is 22.0. The first kappa shape index (κ1) is 23.5. The lowest BCUT2D eigenvalue weighted by Crippen LogP contribution is -2.23. The van der Waals surface area contributed by atoms with E-state index >= 15 is 0 Å². The van der Waals surface area contributed by atoms with Crippen molar-refractivity contribution in [2.45, 2.75) is 13.1 Å². The molecule has 3 aromatic heterocycles. The summed E-state index contributed by atoms with van der Waals surface area (Å²) in [4.78, 5) is 31.0. The van der Waals surface area contributed by atoms with Crippen LogP contribution < -0.4 is 5.56 Å². The standard InChI is InChI=1S/C29H21N5O3S/c35-24(16-33-18-30-27-25(28(33)36)22(17-38-27)20-11-5-2-6-12-20)31-32-26-21-13-7-8-14-23(21)34(29(26)37)15-19-9-3-1-4-10-19/h1-14,17-18,37H,15-16H2. The van der Waals surface area contributed by atoms with Crippen molar-refractivity contribution < 1.29 is 9.90 Å². The quantitative estimate of drug-likeness (QED) is 0.267. The molecule has 0 radical (unpaired) electrons. The number of thiophene rings is 1. The van der Waals surface area contributed by atoms with Gasteiger partial charge in [0.25, 0.3) is 11.5 Å². The number of carbonyl (C=O) groups is 1. The Morgan fingerprint density at radius 3 is 2.45 bits per heavy atom. The summed E-state index contributed by atoms with van der Waals surface area (Å²) < 4.78 is 2.97. The number of aromatic hydroxyl groups is 1. The Morgan fingerprint density at radius 1 is 0.947 bits per heavy atom. The minimum absolute atomic E-state index is 0.0855. The number of hydrogen-bond donors (Lipinski definition) is 1. The molecule has 3 aromatic carbocycles. The number of fused-ring (bicyclic) bond motifs is 2. The number of aromatic nitrogens is 3. The summed E-state index contributed by atoms with van der Waals surface area (Å²) in [5.74, 6) is -0.721. The van der Waals surface area contributed by atoms with Crippen LogP contribution in [0.5, 0.6) is 5.88 Å². The maximum absolute atomic E-state index is 13.3. The molecule has 0 atom stereocenters. The molecule has 1 N–H and O–H groups in total. The van der Waals surface area contributed by atoms with E-state index in [0.717, 1.165) is 22.2 Å². The molecule has 0 unspecified atom stereocenters. The zero-order valence-corrected chi connectivity index (χ0v) is 20.9. The van der Waals surface area contributed by atoms with Gasteiger partial charge in [-0.15, -0.1) is 21.6 Å². The Hall–Kier alpha value is -4.89. The van der Waals surface area contributed by atoms with E-state index in [0.29, 0.717) is 22.1 Å². The Bertz CT molecular complexity index is 1870. The van der Waals surface area contributed by atoms with E-state index in [1.165, 1.54) is 22.2 Å². The molecule has 1 amide bonds. The highest BCUT2D eigenvalue weighted by Gasteiger charge is 2.18. The molecule has 38 heavy (non-hydrogen) atoms. The van der Waals surface area contributed by atoms with Crippen LogP contribution in [0.25, 0.3) is 32.2 Å². The molecule has 0 spiro atoms. The van der Waals surface area contributed by atoms with E-state index < -0.39 is 5.91 Å². The van der Waals surface area contributed by atoms with Gasteiger partial charge in [-0.25, -0.2) is 4.98 Å². The third-order valence-electron chi connectivity index (χ3n) is 6.31. The molecule has 0 fully saturated rings. The van der Waals surface area contributed by atoms with Gasteiger partial charge in [0.1, 0.15) is 11.4 Å². The Labute approximate surface area is 220 Å². The molecular formula is C29H21N5O3S. The number of rotatable bonds is 6. The van der Waals surface area contributed by atoms with Gasteiger partial charge in [0.15, 0.2) is 5.69 Å². The van der Waals surface area contributed by atoms with Crippen molar-refractivity contribution in [2.75, 3.05) is 0 Å². The normalized spacial score (nSPS) is 11.6. The molecule has 0 aliphatic carbocycles. The van der Waals surface area contributed by atoms with Crippen molar-refractivity contribution >= 4 is 44.1 Å². The SMILES string of the molecule is O=C(Cn1cnc2scc(-c3ccccc3)c2c1=O)N=Nc1c(O)n(Cc2ccccc2)c2ccccc12. The first-order valence-electron chi connectivity index (χ1n) is 11.9. The Morgan fingerprint density at radius 2 is 1.66 bits per heavy atom. The zero-order chi connectivity index (χ0) is 26.1. The van der Waals surface area contributed by atoms with E-state index in [1.807, 2.05) is 90.3 Å². The molecule has 0 saturated heterocycles. The summed E-state index contributed by atoms with van der Waals surface area (Å²) in [6.45, 7) is 0.112.